The predicted molar refractivity (Wildman–Crippen MR) is 111 cm³/mol. The molecule has 2 heterocycles. The van der Waals surface area contributed by atoms with E-state index in [2.05, 4.69) is 6.92 Å². The summed E-state index contributed by atoms with van der Waals surface area (Å²) in [4.78, 5) is 33.7. The number of carbonyl (C=O) groups excluding carboxylic acids is 2. The molecule has 2 aliphatic heterocycles. The fourth-order valence-electron chi connectivity index (χ4n) is 4.08. The van der Waals surface area contributed by atoms with Gasteiger partial charge in [0.05, 0.1) is 29.9 Å². The van der Waals surface area contributed by atoms with Crippen molar-refractivity contribution < 1.29 is 19.2 Å². The summed E-state index contributed by atoms with van der Waals surface area (Å²) in [6.07, 6.45) is 1.80. The fraction of sp³-hybridized carbons (Fsp3) is 0.391. The third-order valence-corrected chi connectivity index (χ3v) is 5.40. The van der Waals surface area contributed by atoms with E-state index in [1.54, 1.807) is 29.3 Å². The number of anilines is 2. The standard InChI is InChI=1S/C23H26N2O4/c1-3-8-19-20-21(29-25(19)17-9-6-5-7-10-17)23(27)24(22(20)26)16-11-13-18(14-12-16)28-15-4-2/h5-7,9-14,19-21H,3-4,8,15H2,1-2H3/t19-,20-,21-/m0/s1. The number of para-hydroxylation sites is 1. The smallest absolute Gasteiger partial charge is 0.266 e. The van der Waals surface area contributed by atoms with E-state index in [-0.39, 0.29) is 17.9 Å². The average Bonchev–Trinajstić information content (AvgIpc) is 3.24. The quantitative estimate of drug-likeness (QED) is 0.666. The van der Waals surface area contributed by atoms with Crippen molar-refractivity contribution in [2.45, 2.75) is 45.3 Å². The highest BCUT2D eigenvalue weighted by atomic mass is 16.7. The fourth-order valence-corrected chi connectivity index (χ4v) is 4.08. The maximum atomic E-state index is 13.3. The minimum absolute atomic E-state index is 0.166. The molecule has 4 rings (SSSR count). The Kier molecular flexibility index (Phi) is 5.53. The molecule has 0 unspecified atom stereocenters. The zero-order valence-electron chi connectivity index (χ0n) is 16.8. The van der Waals surface area contributed by atoms with Crippen LogP contribution >= 0.6 is 0 Å². The first kappa shape index (κ1) is 19.5. The van der Waals surface area contributed by atoms with Crippen LogP contribution in [-0.4, -0.2) is 30.6 Å². The van der Waals surface area contributed by atoms with Gasteiger partial charge >= 0.3 is 0 Å². The third-order valence-electron chi connectivity index (χ3n) is 5.40. The first-order valence-electron chi connectivity index (χ1n) is 10.3. The number of benzene rings is 2. The zero-order valence-corrected chi connectivity index (χ0v) is 16.8. The van der Waals surface area contributed by atoms with Gasteiger partial charge in [0, 0.05) is 0 Å². The molecule has 29 heavy (non-hydrogen) atoms. The molecule has 152 valence electrons. The molecular formula is C23H26N2O4. The number of fused-ring (bicyclic) bond motifs is 1. The van der Waals surface area contributed by atoms with Crippen molar-refractivity contribution in [3.63, 3.8) is 0 Å². The molecular weight excluding hydrogens is 368 g/mol. The molecule has 2 amide bonds. The van der Waals surface area contributed by atoms with Gasteiger partial charge in [-0.05, 0) is 49.2 Å². The van der Waals surface area contributed by atoms with E-state index in [0.717, 1.165) is 30.7 Å². The van der Waals surface area contributed by atoms with Gasteiger partial charge in [0.15, 0.2) is 6.10 Å². The van der Waals surface area contributed by atoms with Gasteiger partial charge < -0.3 is 4.74 Å². The maximum absolute atomic E-state index is 13.3. The Bertz CT molecular complexity index is 868. The van der Waals surface area contributed by atoms with Gasteiger partial charge in [-0.15, -0.1) is 0 Å². The van der Waals surface area contributed by atoms with Crippen LogP contribution in [0.1, 0.15) is 33.1 Å². The van der Waals surface area contributed by atoms with Gasteiger partial charge in [0.25, 0.3) is 5.91 Å². The number of hydrogen-bond acceptors (Lipinski definition) is 5. The molecule has 2 aliphatic rings. The van der Waals surface area contributed by atoms with Crippen LogP contribution in [0.2, 0.25) is 0 Å². The first-order chi connectivity index (χ1) is 14.2. The Morgan fingerprint density at radius 3 is 2.28 bits per heavy atom. The number of carbonyl (C=O) groups is 2. The second-order valence-electron chi connectivity index (χ2n) is 7.42. The molecule has 0 spiro atoms. The number of rotatable bonds is 7. The molecule has 0 aliphatic carbocycles. The van der Waals surface area contributed by atoms with Crippen LogP contribution in [0.5, 0.6) is 5.75 Å². The summed E-state index contributed by atoms with van der Waals surface area (Å²) in [5.74, 6) is -0.273. The molecule has 0 radical (unpaired) electrons. The summed E-state index contributed by atoms with van der Waals surface area (Å²) in [5, 5.41) is 1.76. The topological polar surface area (TPSA) is 59.1 Å². The Hall–Kier alpha value is -2.86. The monoisotopic (exact) mass is 394 g/mol. The molecule has 0 saturated carbocycles. The molecule has 2 aromatic rings. The Morgan fingerprint density at radius 1 is 0.897 bits per heavy atom. The number of nitrogens with zero attached hydrogens (tertiary/aromatic N) is 2. The van der Waals surface area contributed by atoms with Crippen LogP contribution in [0, 0.1) is 5.92 Å². The normalized spacial score (nSPS) is 23.6. The molecule has 0 bridgehead atoms. The van der Waals surface area contributed by atoms with E-state index >= 15 is 0 Å². The van der Waals surface area contributed by atoms with Crippen LogP contribution < -0.4 is 14.7 Å². The number of imide groups is 1. The lowest BCUT2D eigenvalue weighted by molar-refractivity contribution is -0.126. The predicted octanol–water partition coefficient (Wildman–Crippen LogP) is 3.95. The summed E-state index contributed by atoms with van der Waals surface area (Å²) in [5.41, 5.74) is 1.42. The molecule has 3 atom stereocenters. The molecule has 6 nitrogen and oxygen atoms in total. The van der Waals surface area contributed by atoms with Crippen LogP contribution in [0.15, 0.2) is 54.6 Å². The molecule has 0 N–H and O–H groups in total. The van der Waals surface area contributed by atoms with Crippen molar-refractivity contribution in [2.24, 2.45) is 5.92 Å². The van der Waals surface area contributed by atoms with Crippen LogP contribution in [0.25, 0.3) is 0 Å². The third kappa shape index (κ3) is 3.49. The Morgan fingerprint density at radius 2 is 1.62 bits per heavy atom. The molecule has 2 aromatic carbocycles. The highest BCUT2D eigenvalue weighted by Crippen LogP contribution is 2.41. The first-order valence-corrected chi connectivity index (χ1v) is 10.3. The lowest BCUT2D eigenvalue weighted by Crippen LogP contribution is -2.40. The van der Waals surface area contributed by atoms with Gasteiger partial charge in [0.1, 0.15) is 5.75 Å². The second kappa shape index (κ2) is 8.25. The van der Waals surface area contributed by atoms with Crippen LogP contribution in [0.4, 0.5) is 11.4 Å². The summed E-state index contributed by atoms with van der Waals surface area (Å²) in [6, 6.07) is 16.6. The Labute approximate surface area is 171 Å². The zero-order chi connectivity index (χ0) is 20.4. The van der Waals surface area contributed by atoms with Gasteiger partial charge in [-0.3, -0.25) is 14.4 Å². The lowest BCUT2D eigenvalue weighted by atomic mass is 9.93. The minimum Gasteiger partial charge on any atom is -0.494 e. The second-order valence-corrected chi connectivity index (χ2v) is 7.42. The summed E-state index contributed by atoms with van der Waals surface area (Å²) in [6.45, 7) is 4.75. The molecule has 0 aromatic heterocycles. The number of hydrogen-bond donors (Lipinski definition) is 0. The van der Waals surface area contributed by atoms with Gasteiger partial charge in [0.2, 0.25) is 5.91 Å². The van der Waals surface area contributed by atoms with Gasteiger partial charge in [-0.2, -0.15) is 0 Å². The van der Waals surface area contributed by atoms with E-state index in [0.29, 0.717) is 12.3 Å². The van der Waals surface area contributed by atoms with E-state index < -0.39 is 12.0 Å². The number of ether oxygens (including phenoxy) is 1. The molecule has 2 saturated heterocycles. The van der Waals surface area contributed by atoms with Crippen molar-refractivity contribution >= 4 is 23.2 Å². The highest BCUT2D eigenvalue weighted by molar-refractivity contribution is 6.23. The highest BCUT2D eigenvalue weighted by Gasteiger charge is 2.59. The van der Waals surface area contributed by atoms with E-state index in [1.165, 1.54) is 4.90 Å². The van der Waals surface area contributed by atoms with Gasteiger partial charge in [-0.25, -0.2) is 9.96 Å². The van der Waals surface area contributed by atoms with Crippen LogP contribution in [0.3, 0.4) is 0 Å². The number of amides is 2. The van der Waals surface area contributed by atoms with Crippen molar-refractivity contribution in [1.82, 2.24) is 0 Å². The Balaban J connectivity index is 1.59. The summed E-state index contributed by atoms with van der Waals surface area (Å²) in [7, 11) is 0. The lowest BCUT2D eigenvalue weighted by Gasteiger charge is -2.28. The van der Waals surface area contributed by atoms with Crippen molar-refractivity contribution in [2.75, 3.05) is 16.6 Å². The minimum atomic E-state index is -0.782. The molecule has 2 fully saturated rings. The summed E-state index contributed by atoms with van der Waals surface area (Å²) >= 11 is 0. The van der Waals surface area contributed by atoms with Crippen LogP contribution in [-0.2, 0) is 14.4 Å². The van der Waals surface area contributed by atoms with E-state index in [4.69, 9.17) is 9.57 Å². The maximum Gasteiger partial charge on any atom is 0.266 e. The summed E-state index contributed by atoms with van der Waals surface area (Å²) < 4.78 is 5.59. The van der Waals surface area contributed by atoms with Crippen molar-refractivity contribution in [3.05, 3.63) is 54.6 Å². The number of hydroxylamine groups is 1. The van der Waals surface area contributed by atoms with E-state index in [1.807, 2.05) is 37.3 Å². The average molecular weight is 394 g/mol. The SMILES string of the molecule is CCCOc1ccc(N2C(=O)[C@@H]3[C@H](ON(c4ccccc4)[C@H]3CCC)C2=O)cc1. The van der Waals surface area contributed by atoms with Gasteiger partial charge in [-0.1, -0.05) is 38.5 Å². The largest absolute Gasteiger partial charge is 0.494 e. The van der Waals surface area contributed by atoms with E-state index in [9.17, 15) is 9.59 Å². The van der Waals surface area contributed by atoms with Crippen molar-refractivity contribution in [1.29, 1.82) is 0 Å². The van der Waals surface area contributed by atoms with Crippen molar-refractivity contribution in [3.8, 4) is 5.75 Å². The molecule has 6 heteroatoms.